The van der Waals surface area contributed by atoms with Crippen molar-refractivity contribution >= 4 is 11.7 Å². The maximum absolute atomic E-state index is 12.9. The van der Waals surface area contributed by atoms with Crippen LogP contribution in [0.1, 0.15) is 34.5 Å². The van der Waals surface area contributed by atoms with E-state index in [0.29, 0.717) is 49.1 Å². The Balaban J connectivity index is 1.40. The van der Waals surface area contributed by atoms with Gasteiger partial charge in [-0.15, -0.1) is 0 Å². The van der Waals surface area contributed by atoms with Crippen LogP contribution in [0.25, 0.3) is 0 Å². The number of pyridine rings is 1. The molecule has 0 spiro atoms. The summed E-state index contributed by atoms with van der Waals surface area (Å²) >= 11 is 0. The van der Waals surface area contributed by atoms with Gasteiger partial charge >= 0.3 is 0 Å². The summed E-state index contributed by atoms with van der Waals surface area (Å²) < 4.78 is 16.4. The molecule has 0 saturated carbocycles. The fraction of sp³-hybridized carbons (Fsp3) is 0.261. The Morgan fingerprint density at radius 3 is 2.60 bits per heavy atom. The number of ether oxygens (including phenoxy) is 2. The number of ketones is 1. The first-order valence-electron chi connectivity index (χ1n) is 9.81. The molecular formula is C23H22N2O5. The number of Topliss-reactive ketones (excluding diaryl/α,β-unsaturated/α-hetero) is 1. The average Bonchev–Trinajstić information content (AvgIpc) is 3.30. The number of carbonyl (C=O) groups is 2. The highest BCUT2D eigenvalue weighted by molar-refractivity contribution is 5.98. The van der Waals surface area contributed by atoms with E-state index in [1.165, 1.54) is 0 Å². The first kappa shape index (κ1) is 19.7. The predicted octanol–water partition coefficient (Wildman–Crippen LogP) is 3.64. The number of hydrogen-bond donors (Lipinski definition) is 0. The molecule has 3 aromatic rings. The van der Waals surface area contributed by atoms with Crippen LogP contribution in [-0.4, -0.2) is 34.8 Å². The smallest absolute Gasteiger partial charge is 0.223 e. The Labute approximate surface area is 174 Å². The van der Waals surface area contributed by atoms with Gasteiger partial charge in [0.25, 0.3) is 0 Å². The van der Waals surface area contributed by atoms with E-state index in [2.05, 4.69) is 4.98 Å². The largest absolute Gasteiger partial charge is 0.486 e. The molecule has 1 aliphatic heterocycles. The second-order valence-corrected chi connectivity index (χ2v) is 6.97. The van der Waals surface area contributed by atoms with Crippen LogP contribution in [0.2, 0.25) is 0 Å². The lowest BCUT2D eigenvalue weighted by Crippen LogP contribution is -2.30. The van der Waals surface area contributed by atoms with E-state index < -0.39 is 0 Å². The summed E-state index contributed by atoms with van der Waals surface area (Å²) in [6.07, 6.45) is 5.21. The van der Waals surface area contributed by atoms with Crippen molar-refractivity contribution in [2.24, 2.45) is 0 Å². The Hall–Kier alpha value is -3.61. The highest BCUT2D eigenvalue weighted by atomic mass is 16.6. The van der Waals surface area contributed by atoms with Gasteiger partial charge in [0.15, 0.2) is 17.3 Å². The minimum absolute atomic E-state index is 0.105. The molecule has 0 unspecified atom stereocenters. The zero-order chi connectivity index (χ0) is 20.8. The Morgan fingerprint density at radius 2 is 1.83 bits per heavy atom. The summed E-state index contributed by atoms with van der Waals surface area (Å²) in [6.45, 7) is 1.68. The molecule has 0 atom stereocenters. The highest BCUT2D eigenvalue weighted by Gasteiger charge is 2.19. The zero-order valence-electron chi connectivity index (χ0n) is 16.5. The molecule has 0 N–H and O–H groups in total. The van der Waals surface area contributed by atoms with Gasteiger partial charge in [0.05, 0.1) is 12.8 Å². The van der Waals surface area contributed by atoms with E-state index in [4.69, 9.17) is 13.9 Å². The number of aromatic nitrogens is 1. The van der Waals surface area contributed by atoms with E-state index in [1.54, 1.807) is 47.8 Å². The quantitative estimate of drug-likeness (QED) is 0.531. The minimum atomic E-state index is -0.124. The summed E-state index contributed by atoms with van der Waals surface area (Å²) in [5.41, 5.74) is 1.42. The number of carbonyl (C=O) groups excluding carboxylic acids is 2. The first-order valence-corrected chi connectivity index (χ1v) is 9.81. The lowest BCUT2D eigenvalue weighted by molar-refractivity contribution is -0.132. The third-order valence-electron chi connectivity index (χ3n) is 4.81. The average molecular weight is 406 g/mol. The molecule has 0 saturated heterocycles. The lowest BCUT2D eigenvalue weighted by atomic mass is 10.1. The number of fused-ring (bicyclic) bond motifs is 1. The maximum atomic E-state index is 12.9. The van der Waals surface area contributed by atoms with Crippen molar-refractivity contribution in [3.8, 4) is 11.5 Å². The molecule has 3 heterocycles. The van der Waals surface area contributed by atoms with Crippen LogP contribution in [0.5, 0.6) is 11.5 Å². The summed E-state index contributed by atoms with van der Waals surface area (Å²) in [7, 11) is 0. The molecule has 1 amide bonds. The Morgan fingerprint density at radius 1 is 0.967 bits per heavy atom. The summed E-state index contributed by atoms with van der Waals surface area (Å²) in [6, 6.07) is 12.5. The summed E-state index contributed by atoms with van der Waals surface area (Å²) in [5, 5.41) is 0. The number of benzene rings is 1. The molecule has 1 aromatic carbocycles. The summed E-state index contributed by atoms with van der Waals surface area (Å²) in [4.78, 5) is 31.3. The predicted molar refractivity (Wildman–Crippen MR) is 108 cm³/mol. The zero-order valence-corrected chi connectivity index (χ0v) is 16.5. The van der Waals surface area contributed by atoms with Crippen LogP contribution >= 0.6 is 0 Å². The Bertz CT molecular complexity index is 1000. The molecule has 154 valence electrons. The topological polar surface area (TPSA) is 81.9 Å². The van der Waals surface area contributed by atoms with Crippen LogP contribution in [0.4, 0.5) is 0 Å². The third kappa shape index (κ3) is 4.86. The normalized spacial score (nSPS) is 12.4. The van der Waals surface area contributed by atoms with E-state index in [9.17, 15) is 9.59 Å². The third-order valence-corrected chi connectivity index (χ3v) is 4.81. The number of nitrogens with zero attached hydrogens (tertiary/aromatic N) is 2. The molecule has 2 aromatic heterocycles. The van der Waals surface area contributed by atoms with Crippen LogP contribution in [0.3, 0.4) is 0 Å². The molecule has 7 heteroatoms. The van der Waals surface area contributed by atoms with Crippen molar-refractivity contribution in [3.63, 3.8) is 0 Å². The fourth-order valence-electron chi connectivity index (χ4n) is 3.27. The van der Waals surface area contributed by atoms with Gasteiger partial charge < -0.3 is 18.8 Å². The monoisotopic (exact) mass is 406 g/mol. The second kappa shape index (κ2) is 9.26. The van der Waals surface area contributed by atoms with E-state index in [0.717, 1.165) is 5.56 Å². The fourth-order valence-corrected chi connectivity index (χ4v) is 3.27. The standard InChI is InChI=1S/C23H22N2O5/c26-20(18-5-7-21-22(13-18)30-12-11-29-21)6-8-23(27)25(16-19-4-2-10-28-19)15-17-3-1-9-24-14-17/h1-5,7,9-10,13-14H,6,8,11-12,15-16H2. The number of furan rings is 1. The second-order valence-electron chi connectivity index (χ2n) is 6.97. The van der Waals surface area contributed by atoms with Gasteiger partial charge in [-0.2, -0.15) is 0 Å². The first-order chi connectivity index (χ1) is 14.7. The number of hydrogen-bond acceptors (Lipinski definition) is 6. The van der Waals surface area contributed by atoms with Gasteiger partial charge in [-0.1, -0.05) is 6.07 Å². The number of amides is 1. The van der Waals surface area contributed by atoms with Crippen molar-refractivity contribution in [2.45, 2.75) is 25.9 Å². The van der Waals surface area contributed by atoms with Gasteiger partial charge in [0.1, 0.15) is 19.0 Å². The molecule has 0 bridgehead atoms. The van der Waals surface area contributed by atoms with Gasteiger partial charge in [0.2, 0.25) is 5.91 Å². The lowest BCUT2D eigenvalue weighted by Gasteiger charge is -2.22. The molecule has 1 aliphatic rings. The molecule has 7 nitrogen and oxygen atoms in total. The van der Waals surface area contributed by atoms with E-state index in [1.807, 2.05) is 18.2 Å². The summed E-state index contributed by atoms with van der Waals surface area (Å²) in [5.74, 6) is 1.65. The van der Waals surface area contributed by atoms with Crippen LogP contribution in [-0.2, 0) is 17.9 Å². The molecule has 0 radical (unpaired) electrons. The van der Waals surface area contributed by atoms with Crippen molar-refractivity contribution < 1.29 is 23.5 Å². The van der Waals surface area contributed by atoms with Crippen LogP contribution in [0, 0.1) is 0 Å². The van der Waals surface area contributed by atoms with Gasteiger partial charge in [-0.3, -0.25) is 14.6 Å². The van der Waals surface area contributed by atoms with Crippen molar-refractivity contribution in [2.75, 3.05) is 13.2 Å². The molecule has 30 heavy (non-hydrogen) atoms. The maximum Gasteiger partial charge on any atom is 0.223 e. The van der Waals surface area contributed by atoms with Gasteiger partial charge in [0, 0.05) is 37.3 Å². The molecule has 4 rings (SSSR count). The Kier molecular flexibility index (Phi) is 6.08. The van der Waals surface area contributed by atoms with Crippen molar-refractivity contribution in [1.82, 2.24) is 9.88 Å². The van der Waals surface area contributed by atoms with Crippen LogP contribution in [0.15, 0.2) is 65.5 Å². The highest BCUT2D eigenvalue weighted by Crippen LogP contribution is 2.31. The molecule has 0 fully saturated rings. The minimum Gasteiger partial charge on any atom is -0.486 e. The van der Waals surface area contributed by atoms with Gasteiger partial charge in [-0.05, 0) is 42.0 Å². The van der Waals surface area contributed by atoms with E-state index in [-0.39, 0.29) is 24.5 Å². The van der Waals surface area contributed by atoms with Crippen molar-refractivity contribution in [3.05, 3.63) is 78.0 Å². The number of rotatable bonds is 8. The van der Waals surface area contributed by atoms with Crippen molar-refractivity contribution in [1.29, 1.82) is 0 Å². The molecular weight excluding hydrogens is 384 g/mol. The van der Waals surface area contributed by atoms with Crippen LogP contribution < -0.4 is 9.47 Å². The SMILES string of the molecule is O=C(CCC(=O)N(Cc1cccnc1)Cc1ccco1)c1ccc2c(c1)OCCO2. The van der Waals surface area contributed by atoms with E-state index >= 15 is 0 Å². The molecule has 0 aliphatic carbocycles. The van der Waals surface area contributed by atoms with Gasteiger partial charge in [-0.25, -0.2) is 0 Å².